The molecule has 20 heavy (non-hydrogen) atoms. The van der Waals surface area contributed by atoms with Crippen LogP contribution in [-0.2, 0) is 6.54 Å². The van der Waals surface area contributed by atoms with Crippen molar-refractivity contribution in [3.63, 3.8) is 0 Å². The van der Waals surface area contributed by atoms with E-state index in [0.29, 0.717) is 17.8 Å². The van der Waals surface area contributed by atoms with Crippen molar-refractivity contribution in [3.05, 3.63) is 41.5 Å². The fourth-order valence-corrected chi connectivity index (χ4v) is 1.96. The summed E-state index contributed by atoms with van der Waals surface area (Å²) in [5.41, 5.74) is 8.58. The summed E-state index contributed by atoms with van der Waals surface area (Å²) in [5.74, 6) is -0.172. The fraction of sp³-hybridized carbons (Fsp3) is 0.357. The molecule has 0 saturated heterocycles. The van der Waals surface area contributed by atoms with E-state index in [0.717, 1.165) is 24.2 Å². The van der Waals surface area contributed by atoms with Crippen LogP contribution < -0.4 is 11.1 Å². The third-order valence-corrected chi connectivity index (χ3v) is 3.05. The molecule has 0 aliphatic carbocycles. The first-order valence-electron chi connectivity index (χ1n) is 6.57. The van der Waals surface area contributed by atoms with Gasteiger partial charge in [-0.05, 0) is 38.4 Å². The lowest BCUT2D eigenvalue weighted by atomic mass is 10.2. The standard InChI is InChI=1S/C14H19N5O/c1-10-6-12(8-16-7-10)18-14(20)13-9-17-19(11(13)2)5-3-4-15/h6-9H,3-5,15H2,1-2H3,(H,18,20). The monoisotopic (exact) mass is 273 g/mol. The Morgan fingerprint density at radius 1 is 1.35 bits per heavy atom. The van der Waals surface area contributed by atoms with Crippen molar-refractivity contribution in [1.82, 2.24) is 14.8 Å². The SMILES string of the molecule is Cc1cncc(NC(=O)c2cnn(CCCN)c2C)c1. The Kier molecular flexibility index (Phi) is 4.47. The molecule has 0 radical (unpaired) electrons. The van der Waals surface area contributed by atoms with Crippen LogP contribution in [0.5, 0.6) is 0 Å². The number of pyridine rings is 1. The Bertz CT molecular complexity index is 605. The third-order valence-electron chi connectivity index (χ3n) is 3.05. The zero-order chi connectivity index (χ0) is 14.5. The van der Waals surface area contributed by atoms with Crippen molar-refractivity contribution in [2.45, 2.75) is 26.8 Å². The summed E-state index contributed by atoms with van der Waals surface area (Å²) >= 11 is 0. The van der Waals surface area contributed by atoms with Gasteiger partial charge in [0.1, 0.15) is 0 Å². The quantitative estimate of drug-likeness (QED) is 0.864. The highest BCUT2D eigenvalue weighted by molar-refractivity contribution is 6.04. The van der Waals surface area contributed by atoms with Crippen molar-refractivity contribution < 1.29 is 4.79 Å². The van der Waals surface area contributed by atoms with E-state index in [-0.39, 0.29) is 5.91 Å². The molecule has 0 unspecified atom stereocenters. The molecule has 0 aromatic carbocycles. The molecule has 2 aromatic heterocycles. The Hall–Kier alpha value is -2.21. The first-order chi connectivity index (χ1) is 9.61. The minimum atomic E-state index is -0.172. The summed E-state index contributed by atoms with van der Waals surface area (Å²) < 4.78 is 1.80. The molecule has 6 heteroatoms. The summed E-state index contributed by atoms with van der Waals surface area (Å²) in [5, 5.41) is 7.05. The number of amides is 1. The van der Waals surface area contributed by atoms with E-state index in [1.165, 1.54) is 0 Å². The van der Waals surface area contributed by atoms with Crippen LogP contribution in [0.3, 0.4) is 0 Å². The van der Waals surface area contributed by atoms with E-state index < -0.39 is 0 Å². The lowest BCUT2D eigenvalue weighted by molar-refractivity contribution is 0.102. The van der Waals surface area contributed by atoms with Crippen LogP contribution in [0.4, 0.5) is 5.69 Å². The van der Waals surface area contributed by atoms with E-state index >= 15 is 0 Å². The van der Waals surface area contributed by atoms with Crippen LogP contribution in [0.2, 0.25) is 0 Å². The molecule has 0 fully saturated rings. The van der Waals surface area contributed by atoms with Gasteiger partial charge < -0.3 is 11.1 Å². The van der Waals surface area contributed by atoms with Gasteiger partial charge in [-0.2, -0.15) is 5.10 Å². The fourth-order valence-electron chi connectivity index (χ4n) is 1.96. The lowest BCUT2D eigenvalue weighted by Gasteiger charge is -2.06. The van der Waals surface area contributed by atoms with Gasteiger partial charge in [0.25, 0.3) is 5.91 Å². The van der Waals surface area contributed by atoms with Crippen LogP contribution >= 0.6 is 0 Å². The van der Waals surface area contributed by atoms with Gasteiger partial charge in [0, 0.05) is 18.4 Å². The number of aromatic nitrogens is 3. The second-order valence-corrected chi connectivity index (χ2v) is 4.71. The number of anilines is 1. The number of aryl methyl sites for hydroxylation is 2. The first kappa shape index (κ1) is 14.2. The van der Waals surface area contributed by atoms with E-state index in [1.807, 2.05) is 19.9 Å². The van der Waals surface area contributed by atoms with Gasteiger partial charge in [-0.1, -0.05) is 0 Å². The maximum absolute atomic E-state index is 12.2. The largest absolute Gasteiger partial charge is 0.330 e. The molecular weight excluding hydrogens is 254 g/mol. The summed E-state index contributed by atoms with van der Waals surface area (Å²) in [6, 6.07) is 1.87. The van der Waals surface area contributed by atoms with Gasteiger partial charge in [-0.25, -0.2) is 0 Å². The minimum absolute atomic E-state index is 0.172. The van der Waals surface area contributed by atoms with E-state index in [1.54, 1.807) is 23.3 Å². The Morgan fingerprint density at radius 3 is 2.85 bits per heavy atom. The van der Waals surface area contributed by atoms with Crippen molar-refractivity contribution >= 4 is 11.6 Å². The number of hydrogen-bond donors (Lipinski definition) is 2. The molecule has 0 saturated carbocycles. The molecule has 0 aliphatic rings. The van der Waals surface area contributed by atoms with E-state index in [2.05, 4.69) is 15.4 Å². The molecule has 2 aromatic rings. The summed E-state index contributed by atoms with van der Waals surface area (Å²) in [6.45, 7) is 5.14. The van der Waals surface area contributed by atoms with Crippen LogP contribution in [0.25, 0.3) is 0 Å². The Balaban J connectivity index is 2.11. The third kappa shape index (κ3) is 3.21. The number of nitrogens with one attached hydrogen (secondary N) is 1. The van der Waals surface area contributed by atoms with E-state index in [4.69, 9.17) is 5.73 Å². The zero-order valence-corrected chi connectivity index (χ0v) is 11.8. The summed E-state index contributed by atoms with van der Waals surface area (Å²) in [6.07, 6.45) is 5.79. The number of hydrogen-bond acceptors (Lipinski definition) is 4. The molecular formula is C14H19N5O. The number of nitrogens with zero attached hydrogens (tertiary/aromatic N) is 3. The maximum Gasteiger partial charge on any atom is 0.259 e. The normalized spacial score (nSPS) is 10.6. The molecule has 1 amide bonds. The number of nitrogens with two attached hydrogens (primary N) is 1. The second kappa shape index (κ2) is 6.29. The second-order valence-electron chi connectivity index (χ2n) is 4.71. The van der Waals surface area contributed by atoms with Crippen LogP contribution in [0.1, 0.15) is 28.0 Å². The smallest absolute Gasteiger partial charge is 0.259 e. The predicted molar refractivity (Wildman–Crippen MR) is 77.6 cm³/mol. The average Bonchev–Trinajstić information content (AvgIpc) is 2.78. The highest BCUT2D eigenvalue weighted by atomic mass is 16.1. The summed E-state index contributed by atoms with van der Waals surface area (Å²) in [4.78, 5) is 16.3. The highest BCUT2D eigenvalue weighted by Gasteiger charge is 2.14. The zero-order valence-electron chi connectivity index (χ0n) is 11.8. The predicted octanol–water partition coefficient (Wildman–Crippen LogP) is 1.50. The maximum atomic E-state index is 12.2. The van der Waals surface area contributed by atoms with Crippen molar-refractivity contribution in [2.24, 2.45) is 5.73 Å². The molecule has 6 nitrogen and oxygen atoms in total. The number of rotatable bonds is 5. The van der Waals surface area contributed by atoms with Crippen LogP contribution in [-0.4, -0.2) is 27.2 Å². The van der Waals surface area contributed by atoms with Gasteiger partial charge in [0.15, 0.2) is 0 Å². The molecule has 3 N–H and O–H groups in total. The molecule has 0 spiro atoms. The van der Waals surface area contributed by atoms with Gasteiger partial charge in [-0.15, -0.1) is 0 Å². The number of carbonyl (C=O) groups is 1. The minimum Gasteiger partial charge on any atom is -0.330 e. The van der Waals surface area contributed by atoms with Gasteiger partial charge in [0.05, 0.1) is 23.6 Å². The Labute approximate surface area is 118 Å². The molecule has 0 aliphatic heterocycles. The Morgan fingerprint density at radius 2 is 2.15 bits per heavy atom. The first-order valence-corrected chi connectivity index (χ1v) is 6.57. The molecule has 2 rings (SSSR count). The lowest BCUT2D eigenvalue weighted by Crippen LogP contribution is -2.14. The molecule has 2 heterocycles. The average molecular weight is 273 g/mol. The van der Waals surface area contributed by atoms with Crippen molar-refractivity contribution in [1.29, 1.82) is 0 Å². The van der Waals surface area contributed by atoms with Crippen molar-refractivity contribution in [3.8, 4) is 0 Å². The van der Waals surface area contributed by atoms with Crippen molar-refractivity contribution in [2.75, 3.05) is 11.9 Å². The summed E-state index contributed by atoms with van der Waals surface area (Å²) in [7, 11) is 0. The van der Waals surface area contributed by atoms with Gasteiger partial charge in [0.2, 0.25) is 0 Å². The number of carbonyl (C=O) groups excluding carboxylic acids is 1. The van der Waals surface area contributed by atoms with Crippen LogP contribution in [0, 0.1) is 13.8 Å². The molecule has 0 bridgehead atoms. The molecule has 106 valence electrons. The van der Waals surface area contributed by atoms with E-state index in [9.17, 15) is 4.79 Å². The van der Waals surface area contributed by atoms with Gasteiger partial charge >= 0.3 is 0 Å². The van der Waals surface area contributed by atoms with Crippen LogP contribution in [0.15, 0.2) is 24.7 Å². The topological polar surface area (TPSA) is 85.8 Å². The highest BCUT2D eigenvalue weighted by Crippen LogP contribution is 2.12. The molecule has 0 atom stereocenters. The van der Waals surface area contributed by atoms with Gasteiger partial charge in [-0.3, -0.25) is 14.5 Å².